The van der Waals surface area contributed by atoms with E-state index in [2.05, 4.69) is 41.5 Å². The van der Waals surface area contributed by atoms with Gasteiger partial charge in [0.2, 0.25) is 5.95 Å². The van der Waals surface area contributed by atoms with Gasteiger partial charge in [-0.1, -0.05) is 34.1 Å². The number of halogens is 1. The molecule has 0 radical (unpaired) electrons. The first-order chi connectivity index (χ1) is 12.3. The number of nitrogens with zero attached hydrogens (tertiary/aromatic N) is 3. The normalized spacial score (nSPS) is 10.5. The summed E-state index contributed by atoms with van der Waals surface area (Å²) in [5, 5.41) is 15.4. The van der Waals surface area contributed by atoms with E-state index < -0.39 is 0 Å². The summed E-state index contributed by atoms with van der Waals surface area (Å²) in [7, 11) is 0. The summed E-state index contributed by atoms with van der Waals surface area (Å²) >= 11 is 3.55. The van der Waals surface area contributed by atoms with Crippen LogP contribution < -0.4 is 10.6 Å². The van der Waals surface area contributed by atoms with Crippen LogP contribution in [0.3, 0.4) is 0 Å². The SMILES string of the molecule is OCCNc1nc(NCc2ccccc2Br)cc(-c2ccncc2)n1. The average Bonchev–Trinajstić information content (AvgIpc) is 2.66. The maximum Gasteiger partial charge on any atom is 0.225 e. The maximum atomic E-state index is 9.02. The van der Waals surface area contributed by atoms with E-state index in [1.54, 1.807) is 12.4 Å². The number of rotatable bonds is 7. The number of hydrogen-bond acceptors (Lipinski definition) is 6. The molecule has 0 bridgehead atoms. The molecule has 2 heterocycles. The van der Waals surface area contributed by atoms with Crippen LogP contribution in [0, 0.1) is 0 Å². The Hall–Kier alpha value is -2.51. The quantitative estimate of drug-likeness (QED) is 0.565. The third-order valence-electron chi connectivity index (χ3n) is 3.51. The number of aliphatic hydroxyl groups excluding tert-OH is 1. The molecule has 0 saturated carbocycles. The van der Waals surface area contributed by atoms with Crippen LogP contribution >= 0.6 is 15.9 Å². The van der Waals surface area contributed by atoms with Gasteiger partial charge in [-0.05, 0) is 23.8 Å². The van der Waals surface area contributed by atoms with Crippen LogP contribution in [-0.2, 0) is 6.54 Å². The molecule has 0 fully saturated rings. The molecule has 0 saturated heterocycles. The zero-order valence-electron chi connectivity index (χ0n) is 13.5. The van der Waals surface area contributed by atoms with Crippen molar-refractivity contribution in [1.29, 1.82) is 0 Å². The number of aliphatic hydroxyl groups is 1. The number of nitrogens with one attached hydrogen (secondary N) is 2. The van der Waals surface area contributed by atoms with Gasteiger partial charge in [-0.2, -0.15) is 4.98 Å². The summed E-state index contributed by atoms with van der Waals surface area (Å²) in [5.41, 5.74) is 2.87. The second-order valence-electron chi connectivity index (χ2n) is 5.29. The lowest BCUT2D eigenvalue weighted by atomic mass is 10.2. The van der Waals surface area contributed by atoms with Crippen molar-refractivity contribution in [3.05, 3.63) is 64.9 Å². The highest BCUT2D eigenvalue weighted by Crippen LogP contribution is 2.22. The second kappa shape index (κ2) is 8.55. The Kier molecular flexibility index (Phi) is 5.92. The van der Waals surface area contributed by atoms with E-state index >= 15 is 0 Å². The maximum absolute atomic E-state index is 9.02. The Balaban J connectivity index is 1.85. The Labute approximate surface area is 154 Å². The lowest BCUT2D eigenvalue weighted by Crippen LogP contribution is -2.11. The molecule has 0 aliphatic carbocycles. The minimum Gasteiger partial charge on any atom is -0.395 e. The van der Waals surface area contributed by atoms with Gasteiger partial charge in [0.05, 0.1) is 12.3 Å². The fraction of sp³-hybridized carbons (Fsp3) is 0.167. The number of aromatic nitrogens is 3. The highest BCUT2D eigenvalue weighted by Gasteiger charge is 2.07. The van der Waals surface area contributed by atoms with Crippen molar-refractivity contribution in [2.45, 2.75) is 6.54 Å². The first-order valence-electron chi connectivity index (χ1n) is 7.88. The van der Waals surface area contributed by atoms with Gasteiger partial charge >= 0.3 is 0 Å². The van der Waals surface area contributed by atoms with Gasteiger partial charge in [0.15, 0.2) is 0 Å². The number of anilines is 2. The summed E-state index contributed by atoms with van der Waals surface area (Å²) < 4.78 is 1.05. The fourth-order valence-electron chi connectivity index (χ4n) is 2.28. The average molecular weight is 400 g/mol. The van der Waals surface area contributed by atoms with Gasteiger partial charge in [-0.15, -0.1) is 0 Å². The van der Waals surface area contributed by atoms with Crippen LogP contribution in [0.25, 0.3) is 11.3 Å². The molecule has 2 aromatic heterocycles. The van der Waals surface area contributed by atoms with Crippen molar-refractivity contribution in [2.24, 2.45) is 0 Å². The van der Waals surface area contributed by atoms with Gasteiger partial charge in [-0.3, -0.25) is 4.98 Å². The summed E-state index contributed by atoms with van der Waals surface area (Å²) in [6.07, 6.45) is 3.46. The molecule has 0 spiro atoms. The lowest BCUT2D eigenvalue weighted by molar-refractivity contribution is 0.311. The van der Waals surface area contributed by atoms with Crippen LogP contribution in [0.15, 0.2) is 59.3 Å². The fourth-order valence-corrected chi connectivity index (χ4v) is 2.71. The first-order valence-corrected chi connectivity index (χ1v) is 8.67. The first kappa shape index (κ1) is 17.3. The molecule has 0 unspecified atom stereocenters. The predicted octanol–water partition coefficient (Wildman–Crippen LogP) is 3.32. The molecule has 25 heavy (non-hydrogen) atoms. The number of hydrogen-bond donors (Lipinski definition) is 3. The zero-order chi connectivity index (χ0) is 17.5. The third-order valence-corrected chi connectivity index (χ3v) is 4.29. The minimum atomic E-state index is 0.0164. The van der Waals surface area contributed by atoms with Gasteiger partial charge in [0, 0.05) is 41.6 Å². The number of pyridine rings is 1. The van der Waals surface area contributed by atoms with E-state index in [0.717, 1.165) is 21.3 Å². The summed E-state index contributed by atoms with van der Waals surface area (Å²) in [4.78, 5) is 13.0. The highest BCUT2D eigenvalue weighted by atomic mass is 79.9. The number of benzene rings is 1. The van der Waals surface area contributed by atoms with Crippen LogP contribution in [0.1, 0.15) is 5.56 Å². The van der Waals surface area contributed by atoms with Gasteiger partial charge in [0.25, 0.3) is 0 Å². The molecule has 0 amide bonds. The molecule has 3 aromatic rings. The molecular formula is C18H18BrN5O. The summed E-state index contributed by atoms with van der Waals surface area (Å²) in [6, 6.07) is 13.7. The van der Waals surface area contributed by atoms with E-state index in [1.165, 1.54) is 0 Å². The Morgan fingerprint density at radius 2 is 1.80 bits per heavy atom. The van der Waals surface area contributed by atoms with Crippen molar-refractivity contribution in [3.63, 3.8) is 0 Å². The Morgan fingerprint density at radius 1 is 1.00 bits per heavy atom. The summed E-state index contributed by atoms with van der Waals surface area (Å²) in [6.45, 7) is 1.04. The predicted molar refractivity (Wildman–Crippen MR) is 102 cm³/mol. The zero-order valence-corrected chi connectivity index (χ0v) is 15.1. The molecule has 3 rings (SSSR count). The highest BCUT2D eigenvalue weighted by molar-refractivity contribution is 9.10. The van der Waals surface area contributed by atoms with E-state index in [4.69, 9.17) is 5.11 Å². The molecular weight excluding hydrogens is 382 g/mol. The van der Waals surface area contributed by atoms with E-state index in [0.29, 0.717) is 24.9 Å². The third kappa shape index (κ3) is 4.74. The van der Waals surface area contributed by atoms with Gasteiger partial charge < -0.3 is 15.7 Å². The minimum absolute atomic E-state index is 0.0164. The standard InChI is InChI=1S/C18H18BrN5O/c19-15-4-2-1-3-14(15)12-22-17-11-16(13-5-7-20-8-6-13)23-18(24-17)21-9-10-25/h1-8,11,25H,9-10,12H2,(H2,21,22,23,24). The topological polar surface area (TPSA) is 83.0 Å². The van der Waals surface area contributed by atoms with Crippen molar-refractivity contribution >= 4 is 27.7 Å². The molecule has 6 nitrogen and oxygen atoms in total. The van der Waals surface area contributed by atoms with Crippen LogP contribution in [-0.4, -0.2) is 33.2 Å². The van der Waals surface area contributed by atoms with Crippen molar-refractivity contribution < 1.29 is 5.11 Å². The van der Waals surface area contributed by atoms with E-state index in [-0.39, 0.29) is 6.61 Å². The van der Waals surface area contributed by atoms with Crippen molar-refractivity contribution in [1.82, 2.24) is 15.0 Å². The molecule has 128 valence electrons. The van der Waals surface area contributed by atoms with E-state index in [9.17, 15) is 0 Å². The molecule has 3 N–H and O–H groups in total. The van der Waals surface area contributed by atoms with Gasteiger partial charge in [-0.25, -0.2) is 4.98 Å². The van der Waals surface area contributed by atoms with Crippen molar-refractivity contribution in [3.8, 4) is 11.3 Å². The van der Waals surface area contributed by atoms with Crippen LogP contribution in [0.2, 0.25) is 0 Å². The summed E-state index contributed by atoms with van der Waals surface area (Å²) in [5.74, 6) is 1.18. The molecule has 0 atom stereocenters. The Morgan fingerprint density at radius 3 is 2.56 bits per heavy atom. The molecule has 0 aliphatic heterocycles. The van der Waals surface area contributed by atoms with Crippen molar-refractivity contribution in [2.75, 3.05) is 23.8 Å². The largest absolute Gasteiger partial charge is 0.395 e. The van der Waals surface area contributed by atoms with Gasteiger partial charge in [0.1, 0.15) is 5.82 Å². The smallest absolute Gasteiger partial charge is 0.225 e. The van der Waals surface area contributed by atoms with Crippen LogP contribution in [0.4, 0.5) is 11.8 Å². The van der Waals surface area contributed by atoms with E-state index in [1.807, 2.05) is 42.5 Å². The Bertz CT molecular complexity index is 829. The monoisotopic (exact) mass is 399 g/mol. The molecule has 0 aliphatic rings. The van der Waals surface area contributed by atoms with Crippen LogP contribution in [0.5, 0.6) is 0 Å². The second-order valence-corrected chi connectivity index (χ2v) is 6.15. The molecule has 1 aromatic carbocycles. The lowest BCUT2D eigenvalue weighted by Gasteiger charge is -2.12. The molecule has 7 heteroatoms.